The van der Waals surface area contributed by atoms with Crippen molar-refractivity contribution >= 4 is 23.6 Å². The third kappa shape index (κ3) is 4.90. The van der Waals surface area contributed by atoms with Crippen LogP contribution in [-0.2, 0) is 9.59 Å². The van der Waals surface area contributed by atoms with Crippen LogP contribution in [0.15, 0.2) is 0 Å². The minimum absolute atomic E-state index is 0.00533. The number of rotatable bonds is 6. The van der Waals surface area contributed by atoms with Crippen LogP contribution in [0.1, 0.15) is 48.0 Å². The number of nitrogens with one attached hydrogen (secondary N) is 1. The van der Waals surface area contributed by atoms with Gasteiger partial charge in [0.15, 0.2) is 0 Å². The number of nitrogens with zero attached hydrogens (tertiary/aromatic N) is 1. The van der Waals surface area contributed by atoms with Crippen molar-refractivity contribution in [3.63, 3.8) is 0 Å². The number of carbonyl (C=O) groups excluding carboxylic acids is 2. The van der Waals surface area contributed by atoms with Gasteiger partial charge in [-0.25, -0.2) is 0 Å². The summed E-state index contributed by atoms with van der Waals surface area (Å²) in [5.41, 5.74) is -0.251. The first-order chi connectivity index (χ1) is 9.68. The number of thioether (sulfide) groups is 1. The third-order valence-electron chi connectivity index (χ3n) is 3.67. The molecule has 1 aliphatic rings. The fraction of sp³-hybridized carbons (Fsp3) is 0.875. The van der Waals surface area contributed by atoms with Gasteiger partial charge < -0.3 is 10.2 Å². The summed E-state index contributed by atoms with van der Waals surface area (Å²) in [6, 6.07) is -0.728. The van der Waals surface area contributed by atoms with Gasteiger partial charge in [-0.15, -0.1) is 0 Å². The van der Waals surface area contributed by atoms with E-state index < -0.39 is 0 Å². The molecule has 0 aromatic heterocycles. The van der Waals surface area contributed by atoms with Crippen molar-refractivity contribution in [1.29, 1.82) is 0 Å². The molecule has 1 aliphatic heterocycles. The quantitative estimate of drug-likeness (QED) is 0.767. The normalized spacial score (nSPS) is 23.7. The fourth-order valence-corrected chi connectivity index (χ4v) is 3.43. The zero-order valence-corrected chi connectivity index (χ0v) is 15.0. The molecule has 4 nitrogen and oxygen atoms in total. The van der Waals surface area contributed by atoms with Crippen LogP contribution in [0, 0.1) is 11.3 Å². The van der Waals surface area contributed by atoms with Gasteiger partial charge in [0.05, 0.1) is 0 Å². The van der Waals surface area contributed by atoms with Gasteiger partial charge in [0.25, 0.3) is 0 Å². The van der Waals surface area contributed by atoms with E-state index in [1.807, 2.05) is 37.4 Å². The van der Waals surface area contributed by atoms with Crippen LogP contribution in [-0.4, -0.2) is 46.8 Å². The molecule has 5 heteroatoms. The molecule has 1 N–H and O–H groups in total. The van der Waals surface area contributed by atoms with Crippen molar-refractivity contribution in [2.45, 2.75) is 60.0 Å². The van der Waals surface area contributed by atoms with E-state index in [0.29, 0.717) is 18.9 Å². The molecule has 2 amide bonds. The Morgan fingerprint density at radius 2 is 1.90 bits per heavy atom. The minimum atomic E-state index is -0.370. The van der Waals surface area contributed by atoms with Crippen LogP contribution in [0.25, 0.3) is 0 Å². The van der Waals surface area contributed by atoms with Gasteiger partial charge in [-0.2, -0.15) is 11.8 Å². The Hall–Kier alpha value is -0.710. The Labute approximate surface area is 133 Å². The van der Waals surface area contributed by atoms with E-state index in [2.05, 4.69) is 26.1 Å². The van der Waals surface area contributed by atoms with E-state index in [-0.39, 0.29) is 29.3 Å². The summed E-state index contributed by atoms with van der Waals surface area (Å²) in [6.45, 7) is 13.0. The Kier molecular flexibility index (Phi) is 6.57. The molecule has 0 radical (unpaired) electrons. The van der Waals surface area contributed by atoms with Gasteiger partial charge in [0.2, 0.25) is 11.8 Å². The first kappa shape index (κ1) is 18.3. The highest BCUT2D eigenvalue weighted by molar-refractivity contribution is 7.99. The summed E-state index contributed by atoms with van der Waals surface area (Å²) in [5.74, 6) is 2.38. The van der Waals surface area contributed by atoms with Crippen molar-refractivity contribution in [1.82, 2.24) is 10.2 Å². The van der Waals surface area contributed by atoms with Gasteiger partial charge in [-0.1, -0.05) is 41.5 Å². The molecule has 2 unspecified atom stereocenters. The average Bonchev–Trinajstić information content (AvgIpc) is 2.32. The van der Waals surface area contributed by atoms with Gasteiger partial charge in [-0.05, 0) is 23.5 Å². The van der Waals surface area contributed by atoms with Crippen molar-refractivity contribution in [3.05, 3.63) is 0 Å². The van der Waals surface area contributed by atoms with E-state index >= 15 is 0 Å². The maximum atomic E-state index is 12.8. The van der Waals surface area contributed by atoms with Crippen LogP contribution >= 0.6 is 11.8 Å². The molecule has 21 heavy (non-hydrogen) atoms. The largest absolute Gasteiger partial charge is 0.342 e. The summed E-state index contributed by atoms with van der Waals surface area (Å²) < 4.78 is 0. The number of carbonyl (C=O) groups is 2. The van der Waals surface area contributed by atoms with Crippen LogP contribution in [0.4, 0.5) is 0 Å². The maximum absolute atomic E-state index is 12.8. The summed E-state index contributed by atoms with van der Waals surface area (Å²) >= 11 is 1.81. The molecule has 0 saturated carbocycles. The van der Waals surface area contributed by atoms with E-state index in [1.165, 1.54) is 0 Å². The van der Waals surface area contributed by atoms with Gasteiger partial charge >= 0.3 is 0 Å². The molecule has 2 atom stereocenters. The summed E-state index contributed by atoms with van der Waals surface area (Å²) in [4.78, 5) is 27.1. The van der Waals surface area contributed by atoms with Gasteiger partial charge in [0.1, 0.15) is 12.1 Å². The Morgan fingerprint density at radius 1 is 1.29 bits per heavy atom. The summed E-state index contributed by atoms with van der Waals surface area (Å²) in [5, 5.41) is 2.94. The Balaban J connectivity index is 2.94. The van der Waals surface area contributed by atoms with Crippen LogP contribution in [0.2, 0.25) is 0 Å². The second-order valence-corrected chi connectivity index (χ2v) is 8.58. The zero-order valence-electron chi connectivity index (χ0n) is 14.2. The monoisotopic (exact) mass is 314 g/mol. The lowest BCUT2D eigenvalue weighted by molar-refractivity contribution is -0.153. The molecular formula is C16H30N2O2S. The topological polar surface area (TPSA) is 49.4 Å². The molecular weight excluding hydrogens is 284 g/mol. The van der Waals surface area contributed by atoms with Crippen molar-refractivity contribution < 1.29 is 9.59 Å². The summed E-state index contributed by atoms with van der Waals surface area (Å²) in [7, 11) is 0. The van der Waals surface area contributed by atoms with Crippen LogP contribution < -0.4 is 5.32 Å². The van der Waals surface area contributed by atoms with Gasteiger partial charge in [0, 0.05) is 12.3 Å². The lowest BCUT2D eigenvalue weighted by atomic mass is 9.82. The lowest BCUT2D eigenvalue weighted by Crippen LogP contribution is -2.67. The Morgan fingerprint density at radius 3 is 2.38 bits per heavy atom. The lowest BCUT2D eigenvalue weighted by Gasteiger charge is -2.45. The second-order valence-electron chi connectivity index (χ2n) is 7.19. The molecule has 0 spiro atoms. The summed E-state index contributed by atoms with van der Waals surface area (Å²) in [6.07, 6.45) is 0.707. The van der Waals surface area contributed by atoms with E-state index in [9.17, 15) is 9.59 Å². The highest BCUT2D eigenvalue weighted by atomic mass is 32.2. The highest BCUT2D eigenvalue weighted by Crippen LogP contribution is 2.29. The molecule has 0 aliphatic carbocycles. The van der Waals surface area contributed by atoms with Crippen molar-refractivity contribution in [3.8, 4) is 0 Å². The van der Waals surface area contributed by atoms with Gasteiger partial charge in [-0.3, -0.25) is 9.59 Å². The minimum Gasteiger partial charge on any atom is -0.342 e. The number of amides is 2. The number of hydrogen-bond donors (Lipinski definition) is 1. The van der Waals surface area contributed by atoms with Crippen molar-refractivity contribution in [2.75, 3.05) is 18.1 Å². The molecule has 1 saturated heterocycles. The first-order valence-electron chi connectivity index (χ1n) is 7.87. The van der Waals surface area contributed by atoms with E-state index in [4.69, 9.17) is 0 Å². The smallest absolute Gasteiger partial charge is 0.245 e. The standard InChI is InChI=1S/C16H30N2O2S/c1-7-21-9-8-18-13(16(4,5)6)14(19)17-12(15(18)20)10-11(2)3/h11-13H,7-10H2,1-6H3,(H,17,19). The van der Waals surface area contributed by atoms with Crippen LogP contribution in [0.3, 0.4) is 0 Å². The second kappa shape index (κ2) is 7.52. The zero-order chi connectivity index (χ0) is 16.2. The maximum Gasteiger partial charge on any atom is 0.245 e. The predicted molar refractivity (Wildman–Crippen MR) is 89.3 cm³/mol. The molecule has 1 fully saturated rings. The van der Waals surface area contributed by atoms with E-state index in [0.717, 1.165) is 11.5 Å². The number of piperazine rings is 1. The predicted octanol–water partition coefficient (Wildman–Crippen LogP) is 2.53. The average molecular weight is 314 g/mol. The van der Waals surface area contributed by atoms with Crippen molar-refractivity contribution in [2.24, 2.45) is 11.3 Å². The molecule has 1 rings (SSSR count). The SMILES string of the molecule is CCSCCN1C(=O)C(CC(C)C)NC(=O)C1C(C)(C)C. The van der Waals surface area contributed by atoms with E-state index in [1.54, 1.807) is 0 Å². The molecule has 1 heterocycles. The molecule has 122 valence electrons. The highest BCUT2D eigenvalue weighted by Gasteiger charge is 2.45. The Bertz CT molecular complexity index is 377. The fourth-order valence-electron chi connectivity index (χ4n) is 2.82. The first-order valence-corrected chi connectivity index (χ1v) is 9.02. The molecule has 0 bridgehead atoms. The number of hydrogen-bond acceptors (Lipinski definition) is 3. The molecule has 0 aromatic rings. The van der Waals surface area contributed by atoms with Crippen LogP contribution in [0.5, 0.6) is 0 Å². The molecule has 0 aromatic carbocycles. The third-order valence-corrected chi connectivity index (χ3v) is 4.55.